The molecule has 7 aromatic carbocycles. The van der Waals surface area contributed by atoms with Crippen LogP contribution in [0.5, 0.6) is 11.5 Å². The third kappa shape index (κ3) is 6.03. The Morgan fingerprint density at radius 3 is 1.88 bits per heavy atom. The molecule has 0 unspecified atom stereocenters. The molecule has 1 aliphatic heterocycles. The third-order valence-electron chi connectivity index (χ3n) is 10.9. The number of pyridine rings is 1. The second-order valence-electron chi connectivity index (χ2n) is 14.4. The minimum Gasteiger partial charge on any atom is -0.456 e. The molecule has 0 atom stereocenters. The molecule has 5 nitrogen and oxygen atoms in total. The molecule has 3 aromatic heterocycles. The van der Waals surface area contributed by atoms with Crippen molar-refractivity contribution in [1.29, 1.82) is 0 Å². The van der Waals surface area contributed by atoms with Crippen molar-refractivity contribution >= 4 is 34.1 Å². The summed E-state index contributed by atoms with van der Waals surface area (Å²) in [6, 6.07) is 60.4. The molecular formula is C53H33N3O2. The molecule has 0 saturated heterocycles. The summed E-state index contributed by atoms with van der Waals surface area (Å²) in [6.07, 6.45) is 8.05. The average molecular weight is 744 g/mol. The van der Waals surface area contributed by atoms with Gasteiger partial charge in [0.1, 0.15) is 22.7 Å². The van der Waals surface area contributed by atoms with E-state index in [0.717, 1.165) is 106 Å². The molecule has 4 heterocycles. The molecule has 0 radical (unpaired) electrons. The zero-order valence-electron chi connectivity index (χ0n) is 31.2. The molecule has 10 aromatic rings. The standard InChI is InChI=1S/C53H33N3O2/c1-2-12-37(13-3-1)47-32-48(38-25-20-34(21-26-38)40-14-10-28-54-33-40)56-53(55-47)39-27-24-36-23-22-35-11-4-5-15-41(35)42-16-6-8-18-49(42)57-52-30-45-43-17-7-9-19-50(43)58-51(45)31-46(52)44(36)29-39/h1-33H/b23-22-. The van der Waals surface area contributed by atoms with Crippen molar-refractivity contribution < 1.29 is 9.15 Å². The van der Waals surface area contributed by atoms with Gasteiger partial charge in [-0.2, -0.15) is 0 Å². The van der Waals surface area contributed by atoms with E-state index in [0.29, 0.717) is 5.82 Å². The number of para-hydroxylation sites is 2. The number of hydrogen-bond acceptors (Lipinski definition) is 5. The van der Waals surface area contributed by atoms with E-state index in [2.05, 4.69) is 138 Å². The first-order chi connectivity index (χ1) is 28.7. The van der Waals surface area contributed by atoms with E-state index in [4.69, 9.17) is 19.1 Å². The number of nitrogens with zero attached hydrogens (tertiary/aromatic N) is 3. The Labute approximate surface area is 335 Å². The maximum atomic E-state index is 7.05. The normalized spacial score (nSPS) is 12.4. The van der Waals surface area contributed by atoms with Crippen LogP contribution >= 0.6 is 0 Å². The van der Waals surface area contributed by atoms with E-state index in [-0.39, 0.29) is 0 Å². The quantitative estimate of drug-likeness (QED) is 0.180. The fourth-order valence-electron chi connectivity index (χ4n) is 7.93. The summed E-state index contributed by atoms with van der Waals surface area (Å²) in [5.74, 6) is 2.12. The second kappa shape index (κ2) is 14.0. The smallest absolute Gasteiger partial charge is 0.160 e. The Morgan fingerprint density at radius 2 is 1.05 bits per heavy atom. The Morgan fingerprint density at radius 1 is 0.379 bits per heavy atom. The van der Waals surface area contributed by atoms with Crippen LogP contribution < -0.4 is 4.74 Å². The van der Waals surface area contributed by atoms with E-state index in [1.165, 1.54) is 0 Å². The van der Waals surface area contributed by atoms with Crippen molar-refractivity contribution in [3.05, 3.63) is 199 Å². The van der Waals surface area contributed by atoms with E-state index >= 15 is 0 Å². The van der Waals surface area contributed by atoms with Crippen molar-refractivity contribution in [2.45, 2.75) is 0 Å². The van der Waals surface area contributed by atoms with Crippen molar-refractivity contribution in [1.82, 2.24) is 15.0 Å². The van der Waals surface area contributed by atoms with Crippen LogP contribution in [-0.2, 0) is 0 Å². The molecule has 272 valence electrons. The van der Waals surface area contributed by atoms with Crippen LogP contribution in [0.2, 0.25) is 0 Å². The molecule has 0 aliphatic carbocycles. The Balaban J connectivity index is 1.13. The highest BCUT2D eigenvalue weighted by molar-refractivity contribution is 6.07. The summed E-state index contributed by atoms with van der Waals surface area (Å²) in [6.45, 7) is 0. The molecule has 0 N–H and O–H groups in total. The number of fused-ring (bicyclic) bond motifs is 9. The van der Waals surface area contributed by atoms with Gasteiger partial charge in [-0.1, -0.05) is 146 Å². The molecule has 0 bridgehead atoms. The van der Waals surface area contributed by atoms with Crippen LogP contribution in [0.15, 0.2) is 193 Å². The first-order valence-corrected chi connectivity index (χ1v) is 19.3. The highest BCUT2D eigenvalue weighted by atomic mass is 16.5. The number of furan rings is 1. The SMILES string of the molecule is C1=C\c2ccc(-c3nc(-c4ccccc4)cc(-c4ccc(-c5cccnc5)cc4)n3)cc2-c2cc3oc4ccccc4c3cc2Oc2ccccc2-c2ccccc2/1. The molecule has 11 rings (SSSR count). The molecule has 0 fully saturated rings. The molecule has 1 aliphatic rings. The van der Waals surface area contributed by atoms with E-state index in [1.807, 2.05) is 60.8 Å². The number of ether oxygens (including phenoxy) is 1. The lowest BCUT2D eigenvalue weighted by atomic mass is 9.94. The molecule has 0 saturated carbocycles. The van der Waals surface area contributed by atoms with Gasteiger partial charge in [0.2, 0.25) is 0 Å². The summed E-state index contributed by atoms with van der Waals surface area (Å²) in [5.41, 5.74) is 14.4. The summed E-state index contributed by atoms with van der Waals surface area (Å²) in [5, 5.41) is 2.03. The average Bonchev–Trinajstić information content (AvgIpc) is 3.65. The fourth-order valence-corrected chi connectivity index (χ4v) is 7.93. The fraction of sp³-hybridized carbons (Fsp3) is 0. The van der Waals surface area contributed by atoms with Gasteiger partial charge < -0.3 is 9.15 Å². The predicted molar refractivity (Wildman–Crippen MR) is 235 cm³/mol. The predicted octanol–water partition coefficient (Wildman–Crippen LogP) is 14.0. The van der Waals surface area contributed by atoms with E-state index < -0.39 is 0 Å². The Hall–Kier alpha value is -7.89. The minimum absolute atomic E-state index is 0.622. The lowest BCUT2D eigenvalue weighted by molar-refractivity contribution is 0.487. The summed E-state index contributed by atoms with van der Waals surface area (Å²) in [4.78, 5) is 14.8. The minimum atomic E-state index is 0.622. The summed E-state index contributed by atoms with van der Waals surface area (Å²) >= 11 is 0. The maximum absolute atomic E-state index is 7.05. The van der Waals surface area contributed by atoms with Crippen molar-refractivity contribution in [3.8, 4) is 78.8 Å². The number of aromatic nitrogens is 3. The van der Waals surface area contributed by atoms with Gasteiger partial charge in [0, 0.05) is 51.0 Å². The van der Waals surface area contributed by atoms with Crippen LogP contribution in [0.3, 0.4) is 0 Å². The van der Waals surface area contributed by atoms with E-state index in [1.54, 1.807) is 6.20 Å². The van der Waals surface area contributed by atoms with Crippen LogP contribution in [0, 0.1) is 0 Å². The molecule has 0 amide bonds. The Kier molecular flexibility index (Phi) is 8.07. The lowest BCUT2D eigenvalue weighted by Gasteiger charge is -2.17. The van der Waals surface area contributed by atoms with Gasteiger partial charge in [0.25, 0.3) is 0 Å². The maximum Gasteiger partial charge on any atom is 0.160 e. The van der Waals surface area contributed by atoms with Gasteiger partial charge in [-0.3, -0.25) is 4.98 Å². The van der Waals surface area contributed by atoms with Crippen molar-refractivity contribution in [2.24, 2.45) is 0 Å². The van der Waals surface area contributed by atoms with Crippen molar-refractivity contribution in [3.63, 3.8) is 0 Å². The van der Waals surface area contributed by atoms with Gasteiger partial charge >= 0.3 is 0 Å². The number of benzene rings is 7. The van der Waals surface area contributed by atoms with Gasteiger partial charge in [-0.15, -0.1) is 0 Å². The lowest BCUT2D eigenvalue weighted by Crippen LogP contribution is -1.97. The van der Waals surface area contributed by atoms with E-state index in [9.17, 15) is 0 Å². The third-order valence-corrected chi connectivity index (χ3v) is 10.9. The van der Waals surface area contributed by atoms with Gasteiger partial charge in [-0.05, 0) is 75.8 Å². The molecule has 5 heteroatoms. The van der Waals surface area contributed by atoms with Crippen LogP contribution in [0.1, 0.15) is 11.1 Å². The summed E-state index contributed by atoms with van der Waals surface area (Å²) in [7, 11) is 0. The van der Waals surface area contributed by atoms with Gasteiger partial charge in [-0.25, -0.2) is 9.97 Å². The van der Waals surface area contributed by atoms with Crippen molar-refractivity contribution in [2.75, 3.05) is 0 Å². The summed E-state index contributed by atoms with van der Waals surface area (Å²) < 4.78 is 13.5. The zero-order valence-corrected chi connectivity index (χ0v) is 31.2. The van der Waals surface area contributed by atoms with Crippen LogP contribution in [-0.4, -0.2) is 15.0 Å². The molecule has 58 heavy (non-hydrogen) atoms. The highest BCUT2D eigenvalue weighted by Crippen LogP contribution is 2.45. The Bertz CT molecular complexity index is 3190. The van der Waals surface area contributed by atoms with Gasteiger partial charge in [0.05, 0.1) is 11.4 Å². The van der Waals surface area contributed by atoms with Crippen LogP contribution in [0.4, 0.5) is 0 Å². The molecular weight excluding hydrogens is 711 g/mol. The number of rotatable bonds is 4. The molecule has 0 spiro atoms. The van der Waals surface area contributed by atoms with Crippen LogP contribution in [0.25, 0.3) is 101 Å². The first kappa shape index (κ1) is 33.4. The largest absolute Gasteiger partial charge is 0.456 e. The first-order valence-electron chi connectivity index (χ1n) is 19.3. The zero-order chi connectivity index (χ0) is 38.4. The monoisotopic (exact) mass is 743 g/mol. The van der Waals surface area contributed by atoms with Gasteiger partial charge in [0.15, 0.2) is 5.82 Å². The second-order valence-corrected chi connectivity index (χ2v) is 14.4. The highest BCUT2D eigenvalue weighted by Gasteiger charge is 2.21. The number of hydrogen-bond donors (Lipinski definition) is 0. The topological polar surface area (TPSA) is 61.0 Å².